The second-order valence-electron chi connectivity index (χ2n) is 3.26. The molecule has 1 atom stereocenters. The molecule has 0 saturated heterocycles. The fourth-order valence-corrected chi connectivity index (χ4v) is 1.27. The summed E-state index contributed by atoms with van der Waals surface area (Å²) in [6, 6.07) is 4.11. The molecule has 0 spiro atoms. The molecule has 0 radical (unpaired) electrons. The minimum atomic E-state index is 0.264. The zero-order valence-corrected chi connectivity index (χ0v) is 8.12. The summed E-state index contributed by atoms with van der Waals surface area (Å²) in [5.74, 6) is 0.962. The predicted molar refractivity (Wildman–Crippen MR) is 53.3 cm³/mol. The highest BCUT2D eigenvalue weighted by Gasteiger charge is 2.00. The lowest BCUT2D eigenvalue weighted by atomic mass is 10.2. The molecule has 1 unspecified atom stereocenters. The summed E-state index contributed by atoms with van der Waals surface area (Å²) in [6.07, 6.45) is 3.90. The van der Waals surface area contributed by atoms with Gasteiger partial charge in [0.05, 0.1) is 12.8 Å². The van der Waals surface area contributed by atoms with E-state index in [-0.39, 0.29) is 6.04 Å². The van der Waals surface area contributed by atoms with Crippen LogP contribution in [0, 0.1) is 0 Å². The van der Waals surface area contributed by atoms with Gasteiger partial charge in [-0.05, 0) is 18.6 Å². The summed E-state index contributed by atoms with van der Waals surface area (Å²) < 4.78 is 5.17. The summed E-state index contributed by atoms with van der Waals surface area (Å²) in [5.41, 5.74) is 5.83. The lowest BCUT2D eigenvalue weighted by molar-refractivity contribution is 0.465. The average Bonchev–Trinajstić information content (AvgIpc) is 2.57. The Morgan fingerprint density at radius 3 is 3.08 bits per heavy atom. The lowest BCUT2D eigenvalue weighted by Gasteiger charge is -2.10. The summed E-state index contributed by atoms with van der Waals surface area (Å²) in [5, 5.41) is 3.25. The van der Waals surface area contributed by atoms with Crippen LogP contribution in [0.4, 0.5) is 0 Å². The van der Waals surface area contributed by atoms with Gasteiger partial charge in [0.15, 0.2) is 0 Å². The van der Waals surface area contributed by atoms with E-state index in [2.05, 4.69) is 12.2 Å². The van der Waals surface area contributed by atoms with E-state index in [1.165, 1.54) is 0 Å². The molecular weight excluding hydrogens is 164 g/mol. The molecule has 3 nitrogen and oxygen atoms in total. The fraction of sp³-hybridized carbons (Fsp3) is 0.600. The van der Waals surface area contributed by atoms with E-state index < -0.39 is 0 Å². The van der Waals surface area contributed by atoms with Gasteiger partial charge in [-0.25, -0.2) is 0 Å². The van der Waals surface area contributed by atoms with E-state index in [9.17, 15) is 0 Å². The minimum absolute atomic E-state index is 0.264. The number of hydrogen-bond acceptors (Lipinski definition) is 3. The van der Waals surface area contributed by atoms with Crippen molar-refractivity contribution in [3.63, 3.8) is 0 Å². The van der Waals surface area contributed by atoms with E-state index in [1.54, 1.807) is 6.26 Å². The number of rotatable bonds is 6. The fourth-order valence-electron chi connectivity index (χ4n) is 1.27. The van der Waals surface area contributed by atoms with Crippen LogP contribution < -0.4 is 11.1 Å². The van der Waals surface area contributed by atoms with E-state index >= 15 is 0 Å². The van der Waals surface area contributed by atoms with Crippen molar-refractivity contribution >= 4 is 0 Å². The van der Waals surface area contributed by atoms with Gasteiger partial charge in [-0.1, -0.05) is 13.3 Å². The van der Waals surface area contributed by atoms with Crippen LogP contribution in [-0.2, 0) is 6.54 Å². The Bertz CT molecular complexity index is 209. The topological polar surface area (TPSA) is 51.2 Å². The van der Waals surface area contributed by atoms with Crippen LogP contribution in [0.3, 0.4) is 0 Å². The van der Waals surface area contributed by atoms with Crippen molar-refractivity contribution < 1.29 is 4.42 Å². The molecule has 0 aliphatic rings. The molecule has 0 aliphatic carbocycles. The van der Waals surface area contributed by atoms with Crippen molar-refractivity contribution in [2.75, 3.05) is 6.54 Å². The van der Waals surface area contributed by atoms with Crippen LogP contribution in [0.5, 0.6) is 0 Å². The maximum Gasteiger partial charge on any atom is 0.117 e. The molecule has 1 aromatic rings. The molecule has 1 heterocycles. The molecule has 3 N–H and O–H groups in total. The number of hydrogen-bond donors (Lipinski definition) is 2. The first-order chi connectivity index (χ1) is 6.33. The third-order valence-electron chi connectivity index (χ3n) is 1.95. The number of furan rings is 1. The van der Waals surface area contributed by atoms with Gasteiger partial charge in [-0.3, -0.25) is 0 Å². The van der Waals surface area contributed by atoms with Crippen LogP contribution in [0.1, 0.15) is 25.5 Å². The second-order valence-corrected chi connectivity index (χ2v) is 3.26. The Labute approximate surface area is 79.3 Å². The second kappa shape index (κ2) is 5.78. The molecular formula is C10H18N2O. The maximum atomic E-state index is 5.83. The highest BCUT2D eigenvalue weighted by Crippen LogP contribution is 1.98. The SMILES string of the molecule is CCCC(N)CNCc1ccco1. The van der Waals surface area contributed by atoms with Gasteiger partial charge < -0.3 is 15.5 Å². The quantitative estimate of drug-likeness (QED) is 0.701. The summed E-state index contributed by atoms with van der Waals surface area (Å²) >= 11 is 0. The molecule has 0 aromatic carbocycles. The van der Waals surface area contributed by atoms with E-state index in [0.29, 0.717) is 0 Å². The van der Waals surface area contributed by atoms with Crippen LogP contribution >= 0.6 is 0 Å². The molecule has 1 aromatic heterocycles. The van der Waals surface area contributed by atoms with Gasteiger partial charge in [-0.15, -0.1) is 0 Å². The van der Waals surface area contributed by atoms with E-state index in [1.807, 2.05) is 12.1 Å². The van der Waals surface area contributed by atoms with Crippen LogP contribution in [-0.4, -0.2) is 12.6 Å². The smallest absolute Gasteiger partial charge is 0.117 e. The Balaban J connectivity index is 2.07. The average molecular weight is 182 g/mol. The summed E-state index contributed by atoms with van der Waals surface area (Å²) in [7, 11) is 0. The van der Waals surface area contributed by atoms with Crippen molar-refractivity contribution in [1.82, 2.24) is 5.32 Å². The summed E-state index contributed by atoms with van der Waals surface area (Å²) in [4.78, 5) is 0. The third-order valence-corrected chi connectivity index (χ3v) is 1.95. The normalized spacial score (nSPS) is 13.1. The molecule has 1 rings (SSSR count). The Morgan fingerprint density at radius 2 is 2.46 bits per heavy atom. The Kier molecular flexibility index (Phi) is 4.57. The number of nitrogens with one attached hydrogen (secondary N) is 1. The van der Waals surface area contributed by atoms with Crippen molar-refractivity contribution in [2.24, 2.45) is 5.73 Å². The van der Waals surface area contributed by atoms with Crippen molar-refractivity contribution in [1.29, 1.82) is 0 Å². The van der Waals surface area contributed by atoms with Crippen LogP contribution in [0.25, 0.3) is 0 Å². The van der Waals surface area contributed by atoms with Gasteiger partial charge in [0, 0.05) is 12.6 Å². The molecule has 0 fully saturated rings. The first kappa shape index (κ1) is 10.3. The van der Waals surface area contributed by atoms with Crippen molar-refractivity contribution in [3.8, 4) is 0 Å². The minimum Gasteiger partial charge on any atom is -0.468 e. The standard InChI is InChI=1S/C10H18N2O/c1-2-4-9(11)7-12-8-10-5-3-6-13-10/h3,5-6,9,12H,2,4,7-8,11H2,1H3. The molecule has 0 amide bonds. The Hall–Kier alpha value is -0.800. The number of nitrogens with two attached hydrogens (primary N) is 1. The zero-order valence-electron chi connectivity index (χ0n) is 8.12. The van der Waals surface area contributed by atoms with Crippen molar-refractivity contribution in [2.45, 2.75) is 32.4 Å². The van der Waals surface area contributed by atoms with Gasteiger partial charge in [-0.2, -0.15) is 0 Å². The van der Waals surface area contributed by atoms with Crippen LogP contribution in [0.15, 0.2) is 22.8 Å². The first-order valence-electron chi connectivity index (χ1n) is 4.81. The lowest BCUT2D eigenvalue weighted by Crippen LogP contribution is -2.33. The first-order valence-corrected chi connectivity index (χ1v) is 4.81. The van der Waals surface area contributed by atoms with E-state index in [4.69, 9.17) is 10.2 Å². The van der Waals surface area contributed by atoms with Crippen LogP contribution in [0.2, 0.25) is 0 Å². The highest BCUT2D eigenvalue weighted by molar-refractivity contribution is 4.97. The van der Waals surface area contributed by atoms with Gasteiger partial charge >= 0.3 is 0 Å². The molecule has 13 heavy (non-hydrogen) atoms. The maximum absolute atomic E-state index is 5.83. The van der Waals surface area contributed by atoms with Crippen molar-refractivity contribution in [3.05, 3.63) is 24.2 Å². The molecule has 0 saturated carbocycles. The monoisotopic (exact) mass is 182 g/mol. The van der Waals surface area contributed by atoms with E-state index in [0.717, 1.165) is 31.7 Å². The van der Waals surface area contributed by atoms with Gasteiger partial charge in [0.1, 0.15) is 5.76 Å². The molecule has 74 valence electrons. The largest absolute Gasteiger partial charge is 0.468 e. The molecule has 0 bridgehead atoms. The third kappa shape index (κ3) is 4.10. The Morgan fingerprint density at radius 1 is 1.62 bits per heavy atom. The summed E-state index contributed by atoms with van der Waals surface area (Å²) in [6.45, 7) is 3.77. The molecule has 0 aliphatic heterocycles. The highest BCUT2D eigenvalue weighted by atomic mass is 16.3. The predicted octanol–water partition coefficient (Wildman–Crippen LogP) is 1.50. The van der Waals surface area contributed by atoms with Gasteiger partial charge in [0.2, 0.25) is 0 Å². The van der Waals surface area contributed by atoms with Gasteiger partial charge in [0.25, 0.3) is 0 Å². The molecule has 3 heteroatoms. The zero-order chi connectivity index (χ0) is 9.52.